The Morgan fingerprint density at radius 2 is 1.94 bits per heavy atom. The van der Waals surface area contributed by atoms with Crippen LogP contribution in [-0.2, 0) is 0 Å². The molecule has 0 aromatic heterocycles. The average Bonchev–Trinajstić information content (AvgIpc) is 2.37. The van der Waals surface area contributed by atoms with Gasteiger partial charge in [-0.05, 0) is 46.4 Å². The molecule has 1 unspecified atom stereocenters. The Morgan fingerprint density at radius 1 is 1.28 bits per heavy atom. The van der Waals surface area contributed by atoms with E-state index in [1.54, 1.807) is 6.34 Å². The second-order valence-corrected chi connectivity index (χ2v) is 3.85. The topological polar surface area (TPSA) is 113 Å². The van der Waals surface area contributed by atoms with Crippen molar-refractivity contribution in [2.45, 2.75) is 26.1 Å². The predicted octanol–water partition coefficient (Wildman–Crippen LogP) is -1.19. The highest BCUT2D eigenvalue weighted by Gasteiger charge is 2.05. The molecule has 1 rings (SSSR count). The van der Waals surface area contributed by atoms with Crippen molar-refractivity contribution < 1.29 is 0 Å². The third-order valence-electron chi connectivity index (χ3n) is 2.14. The Kier molecular flexibility index (Phi) is 11.7. The van der Waals surface area contributed by atoms with Gasteiger partial charge in [0.05, 0.1) is 6.34 Å². The number of hydrogen-bond acceptors (Lipinski definition) is 7. The zero-order valence-electron chi connectivity index (χ0n) is 11.4. The number of hydrogen-bond donors (Lipinski definition) is 5. The van der Waals surface area contributed by atoms with E-state index in [0.717, 1.165) is 38.3 Å². The highest BCUT2D eigenvalue weighted by molar-refractivity contribution is 5.91. The fourth-order valence-corrected chi connectivity index (χ4v) is 1.17. The largest absolute Gasteiger partial charge is 0.335 e. The molecule has 0 aliphatic carbocycles. The molecule has 0 bridgehead atoms. The molecule has 0 fully saturated rings. The van der Waals surface area contributed by atoms with Crippen LogP contribution < -0.4 is 27.4 Å². The molecule has 7 nitrogen and oxygen atoms in total. The van der Waals surface area contributed by atoms with Crippen LogP contribution in [-0.4, -0.2) is 51.7 Å². The molecule has 0 aromatic rings. The first-order chi connectivity index (χ1) is 8.74. The van der Waals surface area contributed by atoms with Crippen LogP contribution in [0.15, 0.2) is 9.98 Å². The molecule has 106 valence electrons. The Hall–Kier alpha value is -1.02. The van der Waals surface area contributed by atoms with Crippen molar-refractivity contribution in [1.29, 1.82) is 0 Å². The lowest BCUT2D eigenvalue weighted by Crippen LogP contribution is -2.35. The molecule has 1 atom stereocenters. The first kappa shape index (κ1) is 17.0. The third kappa shape index (κ3) is 10.2. The normalized spacial score (nSPS) is 17.6. The third-order valence-corrected chi connectivity index (χ3v) is 2.14. The molecule has 0 spiro atoms. The van der Waals surface area contributed by atoms with Crippen LogP contribution in [0, 0.1) is 0 Å². The smallest absolute Gasteiger partial charge is 0.197 e. The Labute approximate surface area is 110 Å². The standard InChI is InChI=1S/C7H15N5.C4H12N2/c1-6-10-5-11-7(12-6)9-4-2-3-8;1-6-4-2-3-5/h5,7,9H,2-4,8H2,1H3,(H,10,11,12);6H,2-5H2,1H3. The minimum absolute atomic E-state index is 0.127. The predicted molar refractivity (Wildman–Crippen MR) is 77.8 cm³/mol. The number of amidine groups is 1. The second-order valence-electron chi connectivity index (χ2n) is 3.85. The van der Waals surface area contributed by atoms with Crippen molar-refractivity contribution in [3.63, 3.8) is 0 Å². The van der Waals surface area contributed by atoms with Crippen molar-refractivity contribution in [1.82, 2.24) is 16.0 Å². The van der Waals surface area contributed by atoms with Gasteiger partial charge in [-0.3, -0.25) is 5.32 Å². The summed E-state index contributed by atoms with van der Waals surface area (Å²) in [7, 11) is 1.93. The minimum atomic E-state index is -0.127. The Bertz CT molecular complexity index is 236. The average molecular weight is 257 g/mol. The van der Waals surface area contributed by atoms with Crippen molar-refractivity contribution in [3.05, 3.63) is 0 Å². The van der Waals surface area contributed by atoms with E-state index < -0.39 is 0 Å². The molecule has 0 saturated carbocycles. The zero-order valence-corrected chi connectivity index (χ0v) is 11.4. The highest BCUT2D eigenvalue weighted by Crippen LogP contribution is 1.92. The molecule has 7 heteroatoms. The van der Waals surface area contributed by atoms with Crippen LogP contribution in [0.1, 0.15) is 19.8 Å². The van der Waals surface area contributed by atoms with Crippen LogP contribution in [0.2, 0.25) is 0 Å². The van der Waals surface area contributed by atoms with Crippen LogP contribution in [0.3, 0.4) is 0 Å². The van der Waals surface area contributed by atoms with Gasteiger partial charge in [-0.2, -0.15) is 0 Å². The number of aliphatic imine (C=N–C) groups is 2. The van der Waals surface area contributed by atoms with Crippen molar-refractivity contribution in [2.75, 3.05) is 33.2 Å². The summed E-state index contributed by atoms with van der Waals surface area (Å²) in [5, 5.41) is 9.03. The van der Waals surface area contributed by atoms with Gasteiger partial charge in [0.1, 0.15) is 5.84 Å². The molecule has 1 aliphatic rings. The van der Waals surface area contributed by atoms with Gasteiger partial charge in [0.25, 0.3) is 0 Å². The van der Waals surface area contributed by atoms with Gasteiger partial charge in [0.2, 0.25) is 0 Å². The molecule has 7 N–H and O–H groups in total. The van der Waals surface area contributed by atoms with Crippen molar-refractivity contribution in [3.8, 4) is 0 Å². The molecule has 0 amide bonds. The lowest BCUT2D eigenvalue weighted by atomic mass is 10.4. The van der Waals surface area contributed by atoms with Crippen LogP contribution in [0.5, 0.6) is 0 Å². The van der Waals surface area contributed by atoms with Gasteiger partial charge < -0.3 is 22.1 Å². The number of rotatable bonds is 7. The molecule has 0 aromatic carbocycles. The summed E-state index contributed by atoms with van der Waals surface area (Å²) < 4.78 is 0. The number of nitrogens with zero attached hydrogens (tertiary/aromatic N) is 2. The minimum Gasteiger partial charge on any atom is -0.335 e. The van der Waals surface area contributed by atoms with E-state index in [1.165, 1.54) is 0 Å². The summed E-state index contributed by atoms with van der Waals surface area (Å²) in [6.07, 6.45) is 3.56. The first-order valence-electron chi connectivity index (χ1n) is 6.35. The van der Waals surface area contributed by atoms with E-state index in [9.17, 15) is 0 Å². The summed E-state index contributed by atoms with van der Waals surface area (Å²) in [5.41, 5.74) is 10.5. The molecule has 1 heterocycles. The quantitative estimate of drug-likeness (QED) is 0.368. The lowest BCUT2D eigenvalue weighted by molar-refractivity contribution is 0.536. The fraction of sp³-hybridized carbons (Fsp3) is 0.818. The van der Waals surface area contributed by atoms with E-state index >= 15 is 0 Å². The zero-order chi connectivity index (χ0) is 13.6. The van der Waals surface area contributed by atoms with E-state index in [0.29, 0.717) is 6.54 Å². The van der Waals surface area contributed by atoms with E-state index in [-0.39, 0.29) is 6.29 Å². The van der Waals surface area contributed by atoms with Gasteiger partial charge in [0.15, 0.2) is 6.29 Å². The monoisotopic (exact) mass is 257 g/mol. The van der Waals surface area contributed by atoms with Crippen molar-refractivity contribution in [2.24, 2.45) is 21.5 Å². The summed E-state index contributed by atoms with van der Waals surface area (Å²) in [6, 6.07) is 0. The van der Waals surface area contributed by atoms with Crippen LogP contribution in [0.4, 0.5) is 0 Å². The second kappa shape index (κ2) is 12.4. The lowest BCUT2D eigenvalue weighted by Gasteiger charge is -2.14. The number of nitrogens with one attached hydrogen (secondary N) is 3. The molecular weight excluding hydrogens is 230 g/mol. The SMILES string of the molecule is CC1=NC(NCCCN)N=CN1.CNCCCN. The molecule has 0 saturated heterocycles. The first-order valence-corrected chi connectivity index (χ1v) is 6.35. The van der Waals surface area contributed by atoms with E-state index in [1.807, 2.05) is 14.0 Å². The van der Waals surface area contributed by atoms with Gasteiger partial charge in [0, 0.05) is 6.54 Å². The van der Waals surface area contributed by atoms with Gasteiger partial charge in [-0.15, -0.1) is 0 Å². The maximum atomic E-state index is 5.34. The molecule has 1 aliphatic heterocycles. The van der Waals surface area contributed by atoms with E-state index in [2.05, 4.69) is 25.9 Å². The van der Waals surface area contributed by atoms with Crippen molar-refractivity contribution >= 4 is 12.2 Å². The fourth-order valence-electron chi connectivity index (χ4n) is 1.17. The Morgan fingerprint density at radius 3 is 2.44 bits per heavy atom. The van der Waals surface area contributed by atoms with E-state index in [4.69, 9.17) is 11.5 Å². The molecular formula is C11H27N7. The molecule has 0 radical (unpaired) electrons. The van der Waals surface area contributed by atoms with Gasteiger partial charge >= 0.3 is 0 Å². The maximum absolute atomic E-state index is 5.34. The van der Waals surface area contributed by atoms with Crippen LogP contribution in [0.25, 0.3) is 0 Å². The molecule has 18 heavy (non-hydrogen) atoms. The van der Waals surface area contributed by atoms with Gasteiger partial charge in [-0.1, -0.05) is 0 Å². The van der Waals surface area contributed by atoms with Gasteiger partial charge in [-0.25, -0.2) is 9.98 Å². The Balaban J connectivity index is 0.000000411. The number of nitrogens with two attached hydrogens (primary N) is 2. The summed E-state index contributed by atoms with van der Waals surface area (Å²) in [5.74, 6) is 0.884. The maximum Gasteiger partial charge on any atom is 0.197 e. The summed E-state index contributed by atoms with van der Waals surface area (Å²) in [4.78, 5) is 8.29. The summed E-state index contributed by atoms with van der Waals surface area (Å²) in [6.45, 7) is 5.29. The highest BCUT2D eigenvalue weighted by atomic mass is 15.3. The summed E-state index contributed by atoms with van der Waals surface area (Å²) >= 11 is 0. The van der Waals surface area contributed by atoms with Crippen LogP contribution >= 0.6 is 0 Å².